The molecule has 3 aromatic rings. The van der Waals surface area contributed by atoms with Gasteiger partial charge in [-0.25, -0.2) is 4.98 Å². The Labute approximate surface area is 142 Å². The summed E-state index contributed by atoms with van der Waals surface area (Å²) >= 11 is 6.06. The van der Waals surface area contributed by atoms with Crippen LogP contribution in [0.2, 0.25) is 5.02 Å². The summed E-state index contributed by atoms with van der Waals surface area (Å²) in [5.41, 5.74) is 1.31. The monoisotopic (exact) mass is 343 g/mol. The molecule has 2 N–H and O–H groups in total. The number of pyridine rings is 1. The molecule has 1 heterocycles. The van der Waals surface area contributed by atoms with Crippen LogP contribution in [0.4, 0.5) is 11.5 Å². The molecule has 122 valence electrons. The highest BCUT2D eigenvalue weighted by atomic mass is 35.5. The summed E-state index contributed by atoms with van der Waals surface area (Å²) in [6, 6.07) is 15.1. The molecular formula is C17H14ClN3O3. The number of benzene rings is 2. The van der Waals surface area contributed by atoms with Gasteiger partial charge in [0.1, 0.15) is 5.82 Å². The number of aliphatic hydroxyl groups excluding tert-OH is 1. The second-order valence-electron chi connectivity index (χ2n) is 5.25. The van der Waals surface area contributed by atoms with Gasteiger partial charge < -0.3 is 10.4 Å². The molecule has 2 aromatic carbocycles. The van der Waals surface area contributed by atoms with Crippen molar-refractivity contribution in [3.05, 3.63) is 75.3 Å². The van der Waals surface area contributed by atoms with Crippen molar-refractivity contribution in [2.24, 2.45) is 0 Å². The molecule has 0 radical (unpaired) electrons. The van der Waals surface area contributed by atoms with Gasteiger partial charge in [-0.3, -0.25) is 10.1 Å². The van der Waals surface area contributed by atoms with Gasteiger partial charge in [0.05, 0.1) is 16.5 Å². The summed E-state index contributed by atoms with van der Waals surface area (Å²) in [6.45, 7) is 0.245. The van der Waals surface area contributed by atoms with Gasteiger partial charge >= 0.3 is 0 Å². The van der Waals surface area contributed by atoms with Crippen LogP contribution in [0, 0.1) is 10.1 Å². The number of rotatable bonds is 5. The Hall–Kier alpha value is -2.70. The average molecular weight is 344 g/mol. The van der Waals surface area contributed by atoms with Crippen LogP contribution in [0.25, 0.3) is 10.9 Å². The number of nitrogens with one attached hydrogen (secondary N) is 1. The topological polar surface area (TPSA) is 88.3 Å². The van der Waals surface area contributed by atoms with E-state index in [1.165, 1.54) is 12.1 Å². The summed E-state index contributed by atoms with van der Waals surface area (Å²) in [4.78, 5) is 14.7. The van der Waals surface area contributed by atoms with Crippen LogP contribution in [0.15, 0.2) is 54.6 Å². The van der Waals surface area contributed by atoms with Crippen molar-refractivity contribution in [2.75, 3.05) is 11.9 Å². The van der Waals surface area contributed by atoms with Crippen molar-refractivity contribution in [3.8, 4) is 0 Å². The predicted molar refractivity (Wildman–Crippen MR) is 93.3 cm³/mol. The second-order valence-corrected chi connectivity index (χ2v) is 5.66. The number of halogens is 1. The van der Waals surface area contributed by atoms with Crippen molar-refractivity contribution in [3.63, 3.8) is 0 Å². The van der Waals surface area contributed by atoms with Crippen LogP contribution >= 0.6 is 11.6 Å². The Bertz CT molecular complexity index is 901. The number of hydrogen-bond acceptors (Lipinski definition) is 5. The first-order valence-corrected chi connectivity index (χ1v) is 7.64. The van der Waals surface area contributed by atoms with E-state index in [1.54, 1.807) is 36.4 Å². The molecule has 0 amide bonds. The summed E-state index contributed by atoms with van der Waals surface area (Å²) in [6.07, 6.45) is -0.770. The van der Waals surface area contributed by atoms with Gasteiger partial charge in [-0.15, -0.1) is 0 Å². The number of anilines is 1. The number of nitro groups is 1. The molecule has 0 aliphatic rings. The van der Waals surface area contributed by atoms with E-state index < -0.39 is 11.0 Å². The zero-order chi connectivity index (χ0) is 17.1. The lowest BCUT2D eigenvalue weighted by Gasteiger charge is -2.14. The van der Waals surface area contributed by atoms with Crippen LogP contribution in [0.1, 0.15) is 11.7 Å². The Balaban J connectivity index is 1.75. The third kappa shape index (κ3) is 3.45. The van der Waals surface area contributed by atoms with Gasteiger partial charge in [-0.1, -0.05) is 29.8 Å². The molecule has 1 unspecified atom stereocenters. The van der Waals surface area contributed by atoms with Crippen LogP contribution in [0.5, 0.6) is 0 Å². The average Bonchev–Trinajstić information content (AvgIpc) is 2.59. The summed E-state index contributed by atoms with van der Waals surface area (Å²) in [5.74, 6) is 0.572. The van der Waals surface area contributed by atoms with Crippen molar-refractivity contribution in [2.45, 2.75) is 6.10 Å². The highest BCUT2D eigenvalue weighted by Gasteiger charge is 2.11. The smallest absolute Gasteiger partial charge is 0.270 e. The van der Waals surface area contributed by atoms with Crippen LogP contribution in [-0.4, -0.2) is 21.6 Å². The third-order valence-electron chi connectivity index (χ3n) is 3.62. The number of non-ortho nitro benzene ring substituents is 1. The number of nitro benzene ring substituents is 1. The molecule has 3 rings (SSSR count). The standard InChI is InChI=1S/C17H14ClN3O3/c18-14-4-2-1-3-13(14)16(22)10-19-17-8-5-11-9-12(21(23)24)6-7-15(11)20-17/h1-9,16,22H,10H2,(H,19,20). The SMILES string of the molecule is O=[N+]([O-])c1ccc2nc(NCC(O)c3ccccc3Cl)ccc2c1. The molecular weight excluding hydrogens is 330 g/mol. The highest BCUT2D eigenvalue weighted by Crippen LogP contribution is 2.24. The van der Waals surface area contributed by atoms with E-state index in [9.17, 15) is 15.2 Å². The quantitative estimate of drug-likeness (QED) is 0.541. The van der Waals surface area contributed by atoms with E-state index in [1.807, 2.05) is 6.07 Å². The number of nitrogens with zero attached hydrogens (tertiary/aromatic N) is 2. The zero-order valence-electron chi connectivity index (χ0n) is 12.5. The fraction of sp³-hybridized carbons (Fsp3) is 0.118. The van der Waals surface area contributed by atoms with Crippen molar-refractivity contribution < 1.29 is 10.0 Å². The van der Waals surface area contributed by atoms with Crippen molar-refractivity contribution >= 4 is 34.0 Å². The molecule has 7 heteroatoms. The lowest BCUT2D eigenvalue weighted by molar-refractivity contribution is -0.384. The van der Waals surface area contributed by atoms with Crippen LogP contribution in [0.3, 0.4) is 0 Å². The number of aromatic nitrogens is 1. The Morgan fingerprint density at radius 1 is 1.21 bits per heavy atom. The minimum absolute atomic E-state index is 0.0270. The Morgan fingerprint density at radius 2 is 2.00 bits per heavy atom. The van der Waals surface area contributed by atoms with Crippen LogP contribution in [-0.2, 0) is 0 Å². The normalized spacial score (nSPS) is 12.1. The minimum Gasteiger partial charge on any atom is -0.387 e. The third-order valence-corrected chi connectivity index (χ3v) is 3.97. The first-order valence-electron chi connectivity index (χ1n) is 7.26. The van der Waals surface area contributed by atoms with E-state index in [-0.39, 0.29) is 12.2 Å². The first-order chi connectivity index (χ1) is 11.5. The Morgan fingerprint density at radius 3 is 2.75 bits per heavy atom. The highest BCUT2D eigenvalue weighted by molar-refractivity contribution is 6.31. The van der Waals surface area contributed by atoms with E-state index in [0.717, 1.165) is 0 Å². The largest absolute Gasteiger partial charge is 0.387 e. The molecule has 1 aromatic heterocycles. The van der Waals surface area contributed by atoms with Crippen molar-refractivity contribution in [1.29, 1.82) is 0 Å². The molecule has 0 spiro atoms. The van der Waals surface area contributed by atoms with E-state index in [0.29, 0.717) is 27.3 Å². The maximum absolute atomic E-state index is 10.8. The maximum Gasteiger partial charge on any atom is 0.270 e. The van der Waals surface area contributed by atoms with Crippen molar-refractivity contribution in [1.82, 2.24) is 4.98 Å². The molecule has 0 bridgehead atoms. The lowest BCUT2D eigenvalue weighted by atomic mass is 10.1. The molecule has 24 heavy (non-hydrogen) atoms. The van der Waals surface area contributed by atoms with E-state index >= 15 is 0 Å². The second kappa shape index (κ2) is 6.82. The first kappa shape index (κ1) is 16.2. The van der Waals surface area contributed by atoms with Gasteiger partial charge in [0.2, 0.25) is 0 Å². The van der Waals surface area contributed by atoms with Gasteiger partial charge in [0.25, 0.3) is 5.69 Å². The predicted octanol–water partition coefficient (Wildman–Crippen LogP) is 3.94. The maximum atomic E-state index is 10.8. The van der Waals surface area contributed by atoms with Gasteiger partial charge in [0, 0.05) is 34.6 Å². The van der Waals surface area contributed by atoms with Gasteiger partial charge in [-0.05, 0) is 24.3 Å². The number of aliphatic hydroxyl groups is 1. The zero-order valence-corrected chi connectivity index (χ0v) is 13.3. The molecule has 0 aliphatic carbocycles. The summed E-state index contributed by atoms with van der Waals surface area (Å²) in [7, 11) is 0. The molecule has 0 saturated heterocycles. The fourth-order valence-electron chi connectivity index (χ4n) is 2.38. The summed E-state index contributed by atoms with van der Waals surface area (Å²) in [5, 5.41) is 25.2. The van der Waals surface area contributed by atoms with Gasteiger partial charge in [0.15, 0.2) is 0 Å². The number of hydrogen-bond donors (Lipinski definition) is 2. The van der Waals surface area contributed by atoms with Crippen LogP contribution < -0.4 is 5.32 Å². The number of fused-ring (bicyclic) bond motifs is 1. The van der Waals surface area contributed by atoms with E-state index in [4.69, 9.17) is 11.6 Å². The Kier molecular flexibility index (Phi) is 4.59. The molecule has 0 aliphatic heterocycles. The molecule has 1 atom stereocenters. The minimum atomic E-state index is -0.770. The fourth-order valence-corrected chi connectivity index (χ4v) is 2.64. The molecule has 6 nitrogen and oxygen atoms in total. The van der Waals surface area contributed by atoms with Gasteiger partial charge in [-0.2, -0.15) is 0 Å². The van der Waals surface area contributed by atoms with E-state index in [2.05, 4.69) is 10.3 Å². The lowest BCUT2D eigenvalue weighted by Crippen LogP contribution is -2.13. The molecule has 0 saturated carbocycles. The summed E-state index contributed by atoms with van der Waals surface area (Å²) < 4.78 is 0. The molecule has 0 fully saturated rings.